The van der Waals surface area contributed by atoms with Gasteiger partial charge in [-0.25, -0.2) is 4.98 Å². The van der Waals surface area contributed by atoms with Crippen molar-refractivity contribution in [2.24, 2.45) is 11.8 Å². The average molecular weight is 640 g/mol. The van der Waals surface area contributed by atoms with Crippen molar-refractivity contribution in [3.05, 3.63) is 114 Å². The molecule has 0 bridgehead atoms. The van der Waals surface area contributed by atoms with Crippen LogP contribution in [0.5, 0.6) is 0 Å². The highest BCUT2D eigenvalue weighted by Gasteiger charge is 2.56. The van der Waals surface area contributed by atoms with Gasteiger partial charge in [0.05, 0.1) is 18.6 Å². The minimum Gasteiger partial charge on any atom is -0.460 e. The lowest BCUT2D eigenvalue weighted by Crippen LogP contribution is -2.73. The molecule has 1 N–H and O–H groups in total. The smallest absolute Gasteiger partial charge is 0.311 e. The molecule has 5 atom stereocenters. The Morgan fingerprint density at radius 3 is 1.87 bits per heavy atom. The molecule has 242 valence electrons. The Hall–Kier alpha value is -3.82. The number of oxazole rings is 1. The van der Waals surface area contributed by atoms with E-state index in [1.807, 2.05) is 95.3 Å². The normalized spacial score (nSPS) is 24.0. The van der Waals surface area contributed by atoms with E-state index < -0.39 is 43.8 Å². The van der Waals surface area contributed by atoms with Gasteiger partial charge in [0, 0.05) is 18.8 Å². The van der Waals surface area contributed by atoms with Gasteiger partial charge in [-0.3, -0.25) is 4.79 Å². The highest BCUT2D eigenvalue weighted by Crippen LogP contribution is 2.43. The number of carbonyl (C=O) groups is 1. The number of esters is 1. The predicted molar refractivity (Wildman–Crippen MR) is 182 cm³/mol. The fraction of sp³-hybridized carbons (Fsp3) is 0.368. The lowest BCUT2D eigenvalue weighted by atomic mass is 9.78. The van der Waals surface area contributed by atoms with E-state index in [1.54, 1.807) is 13.2 Å². The third kappa shape index (κ3) is 7.10. The van der Waals surface area contributed by atoms with E-state index in [0.717, 1.165) is 21.1 Å². The van der Waals surface area contributed by atoms with Crippen molar-refractivity contribution in [3.8, 4) is 0 Å². The number of aromatic nitrogens is 1. The molecule has 7 nitrogen and oxygen atoms in total. The third-order valence-electron chi connectivity index (χ3n) is 8.66. The molecule has 0 aliphatic carbocycles. The number of ether oxygens (including phenoxy) is 2. The predicted octanol–water partition coefficient (Wildman–Crippen LogP) is 5.53. The summed E-state index contributed by atoms with van der Waals surface area (Å²) in [5.41, 5.74) is 0.763. The molecule has 3 aromatic carbocycles. The molecule has 1 aromatic heterocycles. The summed E-state index contributed by atoms with van der Waals surface area (Å²) in [6, 6.07) is 31.0. The van der Waals surface area contributed by atoms with Crippen LogP contribution in [0, 0.1) is 18.8 Å². The van der Waals surface area contributed by atoms with E-state index in [4.69, 9.17) is 18.3 Å². The van der Waals surface area contributed by atoms with E-state index in [2.05, 4.69) is 48.3 Å². The van der Waals surface area contributed by atoms with Crippen LogP contribution in [0.2, 0.25) is 0 Å². The van der Waals surface area contributed by atoms with E-state index in [-0.39, 0.29) is 12.3 Å². The highest BCUT2D eigenvalue weighted by atomic mass is 28.4. The summed E-state index contributed by atoms with van der Waals surface area (Å²) < 4.78 is 25.3. The van der Waals surface area contributed by atoms with Gasteiger partial charge in [-0.1, -0.05) is 105 Å². The molecule has 46 heavy (non-hydrogen) atoms. The zero-order valence-electron chi connectivity index (χ0n) is 27.8. The SMILES string of the molecule is C/C(=C\c1coc(C)n1)[C@@H]1O[C@](O)(CC(=O)OC(C)(C)C)[C@H](C)[C@H](O[Si](c2ccccc2)(c2ccccc2)c2ccccc2)[C@H]1C. The van der Waals surface area contributed by atoms with Crippen molar-refractivity contribution in [2.45, 2.75) is 78.5 Å². The molecule has 1 fully saturated rings. The zero-order chi connectivity index (χ0) is 33.1. The molecule has 0 amide bonds. The summed E-state index contributed by atoms with van der Waals surface area (Å²) in [6.45, 7) is 13.2. The molecule has 0 unspecified atom stereocenters. The van der Waals surface area contributed by atoms with Gasteiger partial charge in [0.1, 0.15) is 17.6 Å². The summed E-state index contributed by atoms with van der Waals surface area (Å²) in [5.74, 6) is -2.68. The maximum atomic E-state index is 13.3. The fourth-order valence-corrected chi connectivity index (χ4v) is 10.7. The highest BCUT2D eigenvalue weighted by molar-refractivity contribution is 7.07. The first-order valence-electron chi connectivity index (χ1n) is 15.9. The molecule has 1 aliphatic heterocycles. The molecule has 1 saturated heterocycles. The van der Waals surface area contributed by atoms with Gasteiger partial charge in [0.25, 0.3) is 8.32 Å². The first-order chi connectivity index (χ1) is 21.8. The summed E-state index contributed by atoms with van der Waals surface area (Å²) >= 11 is 0. The van der Waals surface area contributed by atoms with Crippen LogP contribution in [0.3, 0.4) is 0 Å². The minimum absolute atomic E-state index is 0.221. The number of carbonyl (C=O) groups excluding carboxylic acids is 1. The van der Waals surface area contributed by atoms with Gasteiger partial charge in [-0.2, -0.15) is 0 Å². The second-order valence-corrected chi connectivity index (χ2v) is 16.7. The lowest BCUT2D eigenvalue weighted by molar-refractivity contribution is -0.308. The zero-order valence-corrected chi connectivity index (χ0v) is 28.8. The number of aryl methyl sites for hydroxylation is 1. The number of aliphatic hydroxyl groups is 1. The molecule has 0 radical (unpaired) electrons. The van der Waals surface area contributed by atoms with Crippen molar-refractivity contribution in [1.82, 2.24) is 4.98 Å². The van der Waals surface area contributed by atoms with Crippen LogP contribution in [-0.2, 0) is 18.7 Å². The number of hydrogen-bond acceptors (Lipinski definition) is 7. The molecule has 5 rings (SSSR count). The van der Waals surface area contributed by atoms with Crippen molar-refractivity contribution in [2.75, 3.05) is 0 Å². The van der Waals surface area contributed by atoms with Crippen LogP contribution in [0.25, 0.3) is 6.08 Å². The van der Waals surface area contributed by atoms with E-state index >= 15 is 0 Å². The van der Waals surface area contributed by atoms with Crippen molar-refractivity contribution < 1.29 is 28.2 Å². The summed E-state index contributed by atoms with van der Waals surface area (Å²) in [5, 5.41) is 15.6. The van der Waals surface area contributed by atoms with Crippen LogP contribution < -0.4 is 15.6 Å². The third-order valence-corrected chi connectivity index (χ3v) is 12.7. The molecule has 1 aliphatic rings. The summed E-state index contributed by atoms with van der Waals surface area (Å²) in [4.78, 5) is 17.7. The van der Waals surface area contributed by atoms with Crippen LogP contribution in [0.15, 0.2) is 107 Å². The monoisotopic (exact) mass is 639 g/mol. The molecule has 0 spiro atoms. The fourth-order valence-electron chi connectivity index (χ4n) is 6.51. The van der Waals surface area contributed by atoms with E-state index in [0.29, 0.717) is 11.6 Å². The topological polar surface area (TPSA) is 91.0 Å². The maximum Gasteiger partial charge on any atom is 0.311 e. The first-order valence-corrected chi connectivity index (χ1v) is 17.8. The van der Waals surface area contributed by atoms with Gasteiger partial charge < -0.3 is 23.4 Å². The van der Waals surface area contributed by atoms with Gasteiger partial charge in [0.2, 0.25) is 0 Å². The second kappa shape index (κ2) is 13.5. The number of hydrogen-bond donors (Lipinski definition) is 1. The van der Waals surface area contributed by atoms with E-state index in [9.17, 15) is 9.90 Å². The number of benzene rings is 3. The van der Waals surface area contributed by atoms with Crippen LogP contribution in [-0.4, -0.2) is 48.0 Å². The Morgan fingerprint density at radius 2 is 1.43 bits per heavy atom. The standard InChI is InChI=1S/C38H45NO6Si/c1-26(23-30-25-42-29(4)39-30)35-27(2)36(28(3)38(41,44-35)24-34(40)43-37(5,6)7)45-46(31-17-11-8-12-18-31,32-19-13-9-14-20-32)33-21-15-10-16-22-33/h8-23,25,27-28,35-36,41H,24H2,1-7H3/b26-23+/t27-,28+,35-,36+,38+/m0/s1. The van der Waals surface area contributed by atoms with Crippen molar-refractivity contribution in [3.63, 3.8) is 0 Å². The van der Waals surface area contributed by atoms with Crippen LogP contribution in [0.4, 0.5) is 0 Å². The first kappa shape index (κ1) is 33.5. The molecular formula is C38H45NO6Si. The van der Waals surface area contributed by atoms with Gasteiger partial charge in [-0.15, -0.1) is 0 Å². The second-order valence-electron chi connectivity index (χ2n) is 13.3. The number of rotatable bonds is 9. The van der Waals surface area contributed by atoms with Gasteiger partial charge in [0.15, 0.2) is 11.7 Å². The maximum absolute atomic E-state index is 13.3. The molecule has 2 heterocycles. The molecule has 8 heteroatoms. The summed E-state index contributed by atoms with van der Waals surface area (Å²) in [6.07, 6.45) is 2.02. The van der Waals surface area contributed by atoms with Crippen LogP contribution >= 0.6 is 0 Å². The Morgan fingerprint density at radius 1 is 0.935 bits per heavy atom. The van der Waals surface area contributed by atoms with Gasteiger partial charge >= 0.3 is 5.97 Å². The van der Waals surface area contributed by atoms with E-state index in [1.165, 1.54) is 0 Å². The molecular weight excluding hydrogens is 595 g/mol. The molecule has 0 saturated carbocycles. The van der Waals surface area contributed by atoms with Crippen molar-refractivity contribution in [1.29, 1.82) is 0 Å². The molecule has 4 aromatic rings. The summed E-state index contributed by atoms with van der Waals surface area (Å²) in [7, 11) is -3.20. The van der Waals surface area contributed by atoms with Crippen molar-refractivity contribution >= 4 is 35.9 Å². The van der Waals surface area contributed by atoms with Crippen LogP contribution in [0.1, 0.15) is 59.5 Å². The Balaban J connectivity index is 1.67. The average Bonchev–Trinajstić information content (AvgIpc) is 3.43. The largest absolute Gasteiger partial charge is 0.460 e. The number of nitrogens with zero attached hydrogens (tertiary/aromatic N) is 1. The quantitative estimate of drug-likeness (QED) is 0.146. The Kier molecular flexibility index (Phi) is 9.84. The Bertz CT molecular complexity index is 1540. The lowest BCUT2D eigenvalue weighted by Gasteiger charge is -2.52. The minimum atomic E-state index is -3.20. The van der Waals surface area contributed by atoms with Gasteiger partial charge in [-0.05, 0) is 54.9 Å². The Labute approximate surface area is 273 Å².